The molecule has 3 rings (SSSR count). The second kappa shape index (κ2) is 7.57. The van der Waals surface area contributed by atoms with Gasteiger partial charge in [-0.25, -0.2) is 5.10 Å². The maximum Gasteiger partial charge on any atom is 0.226 e. The molecular weight excluding hydrogens is 320 g/mol. The van der Waals surface area contributed by atoms with Crippen molar-refractivity contribution in [3.63, 3.8) is 0 Å². The molecule has 1 N–H and O–H groups in total. The lowest BCUT2D eigenvalue weighted by Gasteiger charge is -2.27. The standard InChI is InChI=1S/C18H22N4OS/c1-4-13(2)22(15-9-6-5-7-10-15)17-19-18(21-20-17)24-14(3)16-11-8-12-23-16/h5-14H,4H2,1-3H3,(H,19,20,21). The van der Waals surface area contributed by atoms with Crippen molar-refractivity contribution < 1.29 is 4.42 Å². The van der Waals surface area contributed by atoms with Gasteiger partial charge in [-0.1, -0.05) is 36.9 Å². The molecule has 0 bridgehead atoms. The number of aromatic amines is 1. The molecule has 0 radical (unpaired) electrons. The summed E-state index contributed by atoms with van der Waals surface area (Å²) < 4.78 is 5.45. The molecule has 2 heterocycles. The number of nitrogens with zero attached hydrogens (tertiary/aromatic N) is 3. The molecule has 0 amide bonds. The first-order chi connectivity index (χ1) is 11.7. The summed E-state index contributed by atoms with van der Waals surface area (Å²) in [6, 6.07) is 14.5. The number of aromatic nitrogens is 3. The van der Waals surface area contributed by atoms with Crippen LogP contribution in [0.15, 0.2) is 58.3 Å². The van der Waals surface area contributed by atoms with Gasteiger partial charge in [-0.2, -0.15) is 4.98 Å². The molecule has 0 aliphatic heterocycles. The van der Waals surface area contributed by atoms with Crippen molar-refractivity contribution in [1.82, 2.24) is 15.2 Å². The predicted molar refractivity (Wildman–Crippen MR) is 97.7 cm³/mol. The third-order valence-corrected chi connectivity index (χ3v) is 4.95. The van der Waals surface area contributed by atoms with E-state index < -0.39 is 0 Å². The Balaban J connectivity index is 1.81. The minimum atomic E-state index is 0.164. The van der Waals surface area contributed by atoms with Gasteiger partial charge in [0.15, 0.2) is 0 Å². The smallest absolute Gasteiger partial charge is 0.226 e. The van der Waals surface area contributed by atoms with Crippen LogP contribution in [0.2, 0.25) is 0 Å². The predicted octanol–water partition coefficient (Wildman–Crippen LogP) is 5.19. The normalized spacial score (nSPS) is 13.6. The van der Waals surface area contributed by atoms with Crippen LogP contribution in [-0.4, -0.2) is 21.2 Å². The molecular formula is C18H22N4OS. The van der Waals surface area contributed by atoms with Crippen molar-refractivity contribution in [3.05, 3.63) is 54.5 Å². The molecule has 0 saturated heterocycles. The first kappa shape index (κ1) is 16.6. The highest BCUT2D eigenvalue weighted by atomic mass is 32.2. The Morgan fingerprint density at radius 2 is 1.96 bits per heavy atom. The number of H-pyrrole nitrogens is 1. The van der Waals surface area contributed by atoms with E-state index in [0.717, 1.165) is 29.0 Å². The van der Waals surface area contributed by atoms with Gasteiger partial charge < -0.3 is 9.32 Å². The van der Waals surface area contributed by atoms with Crippen molar-refractivity contribution in [2.75, 3.05) is 4.90 Å². The van der Waals surface area contributed by atoms with Gasteiger partial charge in [0, 0.05) is 11.7 Å². The molecule has 0 aliphatic rings. The molecule has 0 saturated carbocycles. The van der Waals surface area contributed by atoms with Gasteiger partial charge in [-0.05, 0) is 44.5 Å². The van der Waals surface area contributed by atoms with Crippen molar-refractivity contribution in [2.24, 2.45) is 0 Å². The Morgan fingerprint density at radius 3 is 2.62 bits per heavy atom. The minimum absolute atomic E-state index is 0.164. The summed E-state index contributed by atoms with van der Waals surface area (Å²) in [5, 5.41) is 8.34. The molecule has 126 valence electrons. The van der Waals surface area contributed by atoms with Crippen molar-refractivity contribution >= 4 is 23.4 Å². The van der Waals surface area contributed by atoms with Crippen LogP contribution in [0.25, 0.3) is 0 Å². The van der Waals surface area contributed by atoms with Crippen LogP contribution in [-0.2, 0) is 0 Å². The van der Waals surface area contributed by atoms with E-state index in [4.69, 9.17) is 4.42 Å². The molecule has 5 nitrogen and oxygen atoms in total. The van der Waals surface area contributed by atoms with E-state index >= 15 is 0 Å². The lowest BCUT2D eigenvalue weighted by atomic mass is 10.2. The Labute approximate surface area is 146 Å². The first-order valence-electron chi connectivity index (χ1n) is 8.15. The number of thioether (sulfide) groups is 1. The van der Waals surface area contributed by atoms with E-state index in [1.54, 1.807) is 18.0 Å². The van der Waals surface area contributed by atoms with Crippen molar-refractivity contribution in [1.29, 1.82) is 0 Å². The summed E-state index contributed by atoms with van der Waals surface area (Å²) >= 11 is 1.58. The number of rotatable bonds is 7. The van der Waals surface area contributed by atoms with Crippen LogP contribution in [0.3, 0.4) is 0 Å². The van der Waals surface area contributed by atoms with Gasteiger partial charge in [-0.3, -0.25) is 0 Å². The molecule has 3 aromatic rings. The highest BCUT2D eigenvalue weighted by Crippen LogP contribution is 2.34. The zero-order chi connectivity index (χ0) is 16.9. The van der Waals surface area contributed by atoms with Crippen LogP contribution in [0, 0.1) is 0 Å². The summed E-state index contributed by atoms with van der Waals surface area (Å²) in [6.45, 7) is 6.45. The molecule has 2 atom stereocenters. The Morgan fingerprint density at radius 1 is 1.17 bits per heavy atom. The van der Waals surface area contributed by atoms with E-state index in [0.29, 0.717) is 6.04 Å². The van der Waals surface area contributed by atoms with Gasteiger partial charge in [0.2, 0.25) is 11.1 Å². The molecule has 24 heavy (non-hydrogen) atoms. The zero-order valence-electron chi connectivity index (χ0n) is 14.1. The van der Waals surface area contributed by atoms with E-state index in [-0.39, 0.29) is 5.25 Å². The van der Waals surface area contributed by atoms with Gasteiger partial charge in [0.05, 0.1) is 11.5 Å². The van der Waals surface area contributed by atoms with Gasteiger partial charge in [0.25, 0.3) is 0 Å². The highest BCUT2D eigenvalue weighted by molar-refractivity contribution is 7.99. The van der Waals surface area contributed by atoms with E-state index in [1.165, 1.54) is 0 Å². The minimum Gasteiger partial charge on any atom is -0.468 e. The van der Waals surface area contributed by atoms with Crippen molar-refractivity contribution in [3.8, 4) is 0 Å². The molecule has 0 fully saturated rings. The maximum absolute atomic E-state index is 5.45. The molecule has 2 unspecified atom stereocenters. The van der Waals surface area contributed by atoms with Crippen LogP contribution < -0.4 is 4.90 Å². The fourth-order valence-corrected chi connectivity index (χ4v) is 3.30. The summed E-state index contributed by atoms with van der Waals surface area (Å²) in [4.78, 5) is 6.88. The molecule has 0 aliphatic carbocycles. The average Bonchev–Trinajstić information content (AvgIpc) is 3.28. The first-order valence-corrected chi connectivity index (χ1v) is 9.03. The molecule has 2 aromatic heterocycles. The fraction of sp³-hybridized carbons (Fsp3) is 0.333. The summed E-state index contributed by atoms with van der Waals surface area (Å²) in [5.74, 6) is 1.69. The second-order valence-corrected chi connectivity index (χ2v) is 6.99. The molecule has 0 spiro atoms. The Kier molecular flexibility index (Phi) is 5.25. The van der Waals surface area contributed by atoms with E-state index in [1.807, 2.05) is 30.3 Å². The second-order valence-electron chi connectivity index (χ2n) is 5.68. The number of anilines is 2. The number of hydrogen-bond donors (Lipinski definition) is 1. The monoisotopic (exact) mass is 342 g/mol. The number of para-hydroxylation sites is 1. The maximum atomic E-state index is 5.45. The average molecular weight is 342 g/mol. The number of hydrogen-bond acceptors (Lipinski definition) is 5. The SMILES string of the molecule is CCC(C)N(c1ccccc1)c1nc(SC(C)c2ccco2)n[nH]1. The molecule has 1 aromatic carbocycles. The quantitative estimate of drug-likeness (QED) is 0.599. The van der Waals surface area contributed by atoms with Crippen LogP contribution in [0.1, 0.15) is 38.2 Å². The lowest BCUT2D eigenvalue weighted by Crippen LogP contribution is -2.28. The third-order valence-electron chi connectivity index (χ3n) is 3.97. The van der Waals surface area contributed by atoms with E-state index in [9.17, 15) is 0 Å². The topological polar surface area (TPSA) is 58.0 Å². The Hall–Kier alpha value is -2.21. The molecule has 6 heteroatoms. The highest BCUT2D eigenvalue weighted by Gasteiger charge is 2.20. The number of nitrogens with one attached hydrogen (secondary N) is 1. The lowest BCUT2D eigenvalue weighted by molar-refractivity contribution is 0.512. The van der Waals surface area contributed by atoms with Gasteiger partial charge >= 0.3 is 0 Å². The number of benzene rings is 1. The fourth-order valence-electron chi connectivity index (χ4n) is 2.49. The summed E-state index contributed by atoms with van der Waals surface area (Å²) in [5.41, 5.74) is 1.11. The zero-order valence-corrected chi connectivity index (χ0v) is 15.0. The van der Waals surface area contributed by atoms with E-state index in [2.05, 4.69) is 53.0 Å². The van der Waals surface area contributed by atoms with Crippen molar-refractivity contribution in [2.45, 2.75) is 43.6 Å². The van der Waals surface area contributed by atoms with Crippen LogP contribution in [0.5, 0.6) is 0 Å². The van der Waals surface area contributed by atoms with Gasteiger partial charge in [-0.15, -0.1) is 5.10 Å². The van der Waals surface area contributed by atoms with Gasteiger partial charge in [0.1, 0.15) is 5.76 Å². The Bertz CT molecular complexity index is 741. The summed E-state index contributed by atoms with van der Waals surface area (Å²) in [7, 11) is 0. The summed E-state index contributed by atoms with van der Waals surface area (Å²) in [6.07, 6.45) is 2.71. The largest absolute Gasteiger partial charge is 0.468 e. The van der Waals surface area contributed by atoms with Crippen LogP contribution in [0.4, 0.5) is 11.6 Å². The van der Waals surface area contributed by atoms with Crippen LogP contribution >= 0.6 is 11.8 Å². The number of furan rings is 1. The third kappa shape index (κ3) is 3.64.